The summed E-state index contributed by atoms with van der Waals surface area (Å²) in [4.78, 5) is 23.8. The van der Waals surface area contributed by atoms with Crippen molar-refractivity contribution in [2.24, 2.45) is 5.92 Å². The maximum atomic E-state index is 13.5. The molecular formula is C14H17FN2O3. The van der Waals surface area contributed by atoms with Crippen molar-refractivity contribution in [2.75, 3.05) is 18.0 Å². The van der Waals surface area contributed by atoms with Crippen LogP contribution >= 0.6 is 0 Å². The number of halogens is 1. The van der Waals surface area contributed by atoms with E-state index in [4.69, 9.17) is 0 Å². The molecular weight excluding hydrogens is 263 g/mol. The lowest BCUT2D eigenvalue weighted by atomic mass is 9.94. The lowest BCUT2D eigenvalue weighted by molar-refractivity contribution is -0.384. The molecule has 0 saturated carbocycles. The number of Topliss-reactive ketones (excluding diaryl/α,β-unsaturated/α-hetero) is 1. The van der Waals surface area contributed by atoms with Gasteiger partial charge in [-0.1, -0.05) is 0 Å². The topological polar surface area (TPSA) is 63.5 Å². The van der Waals surface area contributed by atoms with Crippen molar-refractivity contribution < 1.29 is 14.1 Å². The second-order valence-corrected chi connectivity index (χ2v) is 5.24. The predicted molar refractivity (Wildman–Crippen MR) is 73.4 cm³/mol. The Morgan fingerprint density at radius 2 is 2.20 bits per heavy atom. The zero-order valence-electron chi connectivity index (χ0n) is 11.6. The molecule has 1 aromatic carbocycles. The van der Waals surface area contributed by atoms with E-state index in [-0.39, 0.29) is 17.4 Å². The van der Waals surface area contributed by atoms with E-state index in [9.17, 15) is 19.3 Å². The van der Waals surface area contributed by atoms with E-state index in [2.05, 4.69) is 0 Å². The number of ketones is 1. The molecule has 20 heavy (non-hydrogen) atoms. The number of hydrogen-bond acceptors (Lipinski definition) is 4. The van der Waals surface area contributed by atoms with Gasteiger partial charge < -0.3 is 4.90 Å². The zero-order valence-corrected chi connectivity index (χ0v) is 11.6. The van der Waals surface area contributed by atoms with E-state index < -0.39 is 10.7 Å². The van der Waals surface area contributed by atoms with Crippen molar-refractivity contribution in [3.8, 4) is 0 Å². The number of benzene rings is 1. The molecule has 1 saturated heterocycles. The van der Waals surface area contributed by atoms with Crippen LogP contribution in [0.25, 0.3) is 0 Å². The second-order valence-electron chi connectivity index (χ2n) is 5.24. The van der Waals surface area contributed by atoms with Crippen LogP contribution in [0.1, 0.15) is 25.3 Å². The minimum atomic E-state index is -0.583. The number of hydrogen-bond donors (Lipinski definition) is 0. The summed E-state index contributed by atoms with van der Waals surface area (Å²) in [7, 11) is 0. The Morgan fingerprint density at radius 3 is 2.80 bits per heavy atom. The third-order valence-electron chi connectivity index (χ3n) is 3.79. The van der Waals surface area contributed by atoms with Gasteiger partial charge in [0.05, 0.1) is 11.0 Å². The highest BCUT2D eigenvalue weighted by Gasteiger charge is 2.28. The summed E-state index contributed by atoms with van der Waals surface area (Å²) in [5, 5.41) is 11.1. The Balaban J connectivity index is 2.38. The van der Waals surface area contributed by atoms with Crippen molar-refractivity contribution in [1.29, 1.82) is 0 Å². The van der Waals surface area contributed by atoms with Crippen LogP contribution in [0.5, 0.6) is 0 Å². The SMILES string of the molecule is CC(=O)C1CCCN(c2cc(C)c(F)cc2[N+](=O)[O-])C1. The van der Waals surface area contributed by atoms with Crippen LogP contribution in [-0.2, 0) is 4.79 Å². The molecule has 1 aliphatic heterocycles. The largest absolute Gasteiger partial charge is 0.365 e. The van der Waals surface area contributed by atoms with Gasteiger partial charge in [0.1, 0.15) is 17.3 Å². The molecule has 0 bridgehead atoms. The van der Waals surface area contributed by atoms with Crippen LogP contribution in [0, 0.1) is 28.8 Å². The third-order valence-corrected chi connectivity index (χ3v) is 3.79. The number of anilines is 1. The summed E-state index contributed by atoms with van der Waals surface area (Å²) in [5.41, 5.74) is 0.535. The molecule has 1 aliphatic rings. The highest BCUT2D eigenvalue weighted by molar-refractivity contribution is 5.79. The summed E-state index contributed by atoms with van der Waals surface area (Å²) >= 11 is 0. The Morgan fingerprint density at radius 1 is 1.50 bits per heavy atom. The fourth-order valence-corrected chi connectivity index (χ4v) is 2.58. The van der Waals surface area contributed by atoms with Gasteiger partial charge in [-0.25, -0.2) is 4.39 Å². The average Bonchev–Trinajstić information content (AvgIpc) is 2.41. The zero-order chi connectivity index (χ0) is 14.9. The summed E-state index contributed by atoms with van der Waals surface area (Å²) in [6.07, 6.45) is 1.61. The number of carbonyl (C=O) groups is 1. The van der Waals surface area contributed by atoms with Gasteiger partial charge in [0.15, 0.2) is 0 Å². The summed E-state index contributed by atoms with van der Waals surface area (Å²) in [6.45, 7) is 4.23. The maximum absolute atomic E-state index is 13.5. The Bertz CT molecular complexity index is 560. The molecule has 6 heteroatoms. The first-order valence-corrected chi connectivity index (χ1v) is 6.60. The van der Waals surface area contributed by atoms with E-state index in [1.165, 1.54) is 6.07 Å². The van der Waals surface area contributed by atoms with Crippen molar-refractivity contribution in [3.05, 3.63) is 33.6 Å². The smallest absolute Gasteiger partial charge is 0.295 e. The van der Waals surface area contributed by atoms with Crippen LogP contribution in [0.15, 0.2) is 12.1 Å². The molecule has 0 aliphatic carbocycles. The maximum Gasteiger partial charge on any atom is 0.295 e. The number of rotatable bonds is 3. The monoisotopic (exact) mass is 280 g/mol. The number of nitro benzene ring substituents is 1. The number of nitro groups is 1. The first-order chi connectivity index (χ1) is 9.40. The van der Waals surface area contributed by atoms with Gasteiger partial charge in [-0.3, -0.25) is 14.9 Å². The molecule has 0 radical (unpaired) electrons. The third kappa shape index (κ3) is 2.79. The fraction of sp³-hybridized carbons (Fsp3) is 0.500. The molecule has 0 N–H and O–H groups in total. The standard InChI is InChI=1S/C14H17FN2O3/c1-9-6-13(14(17(19)20)7-12(9)15)16-5-3-4-11(8-16)10(2)18/h6-7,11H,3-5,8H2,1-2H3. The highest BCUT2D eigenvalue weighted by Crippen LogP contribution is 2.33. The van der Waals surface area contributed by atoms with Gasteiger partial charge in [-0.05, 0) is 38.3 Å². The van der Waals surface area contributed by atoms with Crippen LogP contribution in [-0.4, -0.2) is 23.8 Å². The van der Waals surface area contributed by atoms with E-state index >= 15 is 0 Å². The van der Waals surface area contributed by atoms with Crippen molar-refractivity contribution >= 4 is 17.2 Å². The Kier molecular flexibility index (Phi) is 4.01. The van der Waals surface area contributed by atoms with Gasteiger partial charge in [-0.15, -0.1) is 0 Å². The lowest BCUT2D eigenvalue weighted by Gasteiger charge is -2.33. The number of aryl methyl sites for hydroxylation is 1. The van der Waals surface area contributed by atoms with Gasteiger partial charge in [-0.2, -0.15) is 0 Å². The predicted octanol–water partition coefficient (Wildman–Crippen LogP) is 2.85. The molecule has 1 fully saturated rings. The molecule has 1 atom stereocenters. The normalized spacial score (nSPS) is 18.9. The molecule has 108 valence electrons. The number of carbonyl (C=O) groups excluding carboxylic acids is 1. The minimum absolute atomic E-state index is 0.0937. The molecule has 1 unspecified atom stereocenters. The summed E-state index contributed by atoms with van der Waals surface area (Å²) in [6, 6.07) is 2.46. The summed E-state index contributed by atoms with van der Waals surface area (Å²) in [5.74, 6) is -0.592. The molecule has 0 aromatic heterocycles. The fourth-order valence-electron chi connectivity index (χ4n) is 2.58. The number of piperidine rings is 1. The van der Waals surface area contributed by atoms with E-state index in [0.717, 1.165) is 18.9 Å². The van der Waals surface area contributed by atoms with E-state index in [1.807, 2.05) is 4.90 Å². The van der Waals surface area contributed by atoms with Crippen molar-refractivity contribution in [1.82, 2.24) is 0 Å². The van der Waals surface area contributed by atoms with Gasteiger partial charge in [0, 0.05) is 19.0 Å². The Labute approximate surface area is 116 Å². The van der Waals surface area contributed by atoms with Gasteiger partial charge in [0.2, 0.25) is 0 Å². The molecule has 1 aromatic rings. The highest BCUT2D eigenvalue weighted by atomic mass is 19.1. The minimum Gasteiger partial charge on any atom is -0.365 e. The van der Waals surface area contributed by atoms with Crippen LogP contribution in [0.4, 0.5) is 15.8 Å². The summed E-state index contributed by atoms with van der Waals surface area (Å²) < 4.78 is 13.5. The molecule has 0 spiro atoms. The van der Waals surface area contributed by atoms with Crippen molar-refractivity contribution in [2.45, 2.75) is 26.7 Å². The van der Waals surface area contributed by atoms with E-state index in [0.29, 0.717) is 24.3 Å². The molecule has 0 amide bonds. The molecule has 2 rings (SSSR count). The van der Waals surface area contributed by atoms with Crippen LogP contribution in [0.3, 0.4) is 0 Å². The molecule has 1 heterocycles. The van der Waals surface area contributed by atoms with Gasteiger partial charge in [0.25, 0.3) is 5.69 Å². The molecule has 5 nitrogen and oxygen atoms in total. The first kappa shape index (κ1) is 14.4. The number of nitrogens with zero attached hydrogens (tertiary/aromatic N) is 2. The van der Waals surface area contributed by atoms with Crippen LogP contribution < -0.4 is 4.90 Å². The second kappa shape index (κ2) is 5.56. The Hall–Kier alpha value is -1.98. The van der Waals surface area contributed by atoms with Gasteiger partial charge >= 0.3 is 0 Å². The average molecular weight is 280 g/mol. The van der Waals surface area contributed by atoms with Crippen LogP contribution in [0.2, 0.25) is 0 Å². The quantitative estimate of drug-likeness (QED) is 0.631. The van der Waals surface area contributed by atoms with E-state index in [1.54, 1.807) is 13.8 Å². The van der Waals surface area contributed by atoms with Crippen molar-refractivity contribution in [3.63, 3.8) is 0 Å². The first-order valence-electron chi connectivity index (χ1n) is 6.60. The lowest BCUT2D eigenvalue weighted by Crippen LogP contribution is -2.38.